The molecule has 3 nitrogen and oxygen atoms in total. The van der Waals surface area contributed by atoms with Crippen LogP contribution in [0.5, 0.6) is 0 Å². The fraction of sp³-hybridized carbons (Fsp3) is 0.357. The van der Waals surface area contributed by atoms with Gasteiger partial charge in [-0.25, -0.2) is 4.68 Å². The second kappa shape index (κ2) is 6.03. The minimum Gasteiger partial charge on any atom is -0.311 e. The van der Waals surface area contributed by atoms with Crippen molar-refractivity contribution < 1.29 is 0 Å². The first-order chi connectivity index (χ1) is 8.70. The van der Waals surface area contributed by atoms with Crippen molar-refractivity contribution in [3.05, 3.63) is 46.7 Å². The molecule has 0 aliphatic heterocycles. The maximum Gasteiger partial charge on any atom is 0.0834 e. The summed E-state index contributed by atoms with van der Waals surface area (Å²) in [5, 5.41) is 8.58. The molecule has 4 heteroatoms. The molecule has 1 aromatic carbocycles. The van der Waals surface area contributed by atoms with Crippen molar-refractivity contribution in [3.63, 3.8) is 0 Å². The van der Waals surface area contributed by atoms with Gasteiger partial charge in [0.1, 0.15) is 0 Å². The number of nitrogens with one attached hydrogen (secondary N) is 1. The maximum atomic E-state index is 6.19. The Kier molecular flexibility index (Phi) is 4.39. The van der Waals surface area contributed by atoms with E-state index in [-0.39, 0.29) is 0 Å². The second-order valence-electron chi connectivity index (χ2n) is 4.38. The van der Waals surface area contributed by atoms with Crippen LogP contribution in [0.3, 0.4) is 0 Å². The summed E-state index contributed by atoms with van der Waals surface area (Å²) >= 11 is 6.19. The third-order valence-electron chi connectivity index (χ3n) is 2.73. The highest BCUT2D eigenvalue weighted by Gasteiger charge is 2.05. The topological polar surface area (TPSA) is 29.9 Å². The Balaban J connectivity index is 2.16. The zero-order valence-corrected chi connectivity index (χ0v) is 11.5. The number of aromatic nitrogens is 2. The highest BCUT2D eigenvalue weighted by Crippen LogP contribution is 2.21. The fourth-order valence-corrected chi connectivity index (χ4v) is 1.99. The second-order valence-corrected chi connectivity index (χ2v) is 4.79. The summed E-state index contributed by atoms with van der Waals surface area (Å²) in [6, 6.07) is 7.96. The smallest absolute Gasteiger partial charge is 0.0834 e. The first-order valence-corrected chi connectivity index (χ1v) is 6.60. The van der Waals surface area contributed by atoms with Crippen LogP contribution in [-0.4, -0.2) is 16.3 Å². The van der Waals surface area contributed by atoms with E-state index in [1.54, 1.807) is 0 Å². The van der Waals surface area contributed by atoms with E-state index in [1.165, 1.54) is 5.56 Å². The number of aryl methyl sites for hydroxylation is 1. The van der Waals surface area contributed by atoms with E-state index in [9.17, 15) is 0 Å². The normalized spacial score (nSPS) is 10.8. The van der Waals surface area contributed by atoms with Crippen molar-refractivity contribution in [1.29, 1.82) is 0 Å². The zero-order valence-electron chi connectivity index (χ0n) is 10.8. The van der Waals surface area contributed by atoms with Crippen molar-refractivity contribution in [2.45, 2.75) is 26.8 Å². The Morgan fingerprint density at radius 3 is 2.94 bits per heavy atom. The summed E-state index contributed by atoms with van der Waals surface area (Å²) in [7, 11) is 0. The third kappa shape index (κ3) is 3.12. The number of benzene rings is 1. The molecule has 2 rings (SSSR count). The van der Waals surface area contributed by atoms with Crippen LogP contribution in [0.4, 0.5) is 0 Å². The molecule has 1 heterocycles. The molecule has 2 aromatic rings. The summed E-state index contributed by atoms with van der Waals surface area (Å²) in [6.07, 6.45) is 3.08. The number of hydrogen-bond donors (Lipinski definition) is 1. The van der Waals surface area contributed by atoms with Gasteiger partial charge in [-0.3, -0.25) is 0 Å². The molecule has 0 bridgehead atoms. The molecule has 0 aliphatic carbocycles. The predicted molar refractivity (Wildman–Crippen MR) is 75.3 cm³/mol. The minimum atomic E-state index is 0.719. The molecule has 0 saturated heterocycles. The highest BCUT2D eigenvalue weighted by atomic mass is 35.5. The van der Waals surface area contributed by atoms with Gasteiger partial charge in [-0.1, -0.05) is 24.6 Å². The lowest BCUT2D eigenvalue weighted by atomic mass is 10.2. The van der Waals surface area contributed by atoms with Crippen LogP contribution in [-0.2, 0) is 6.54 Å². The summed E-state index contributed by atoms with van der Waals surface area (Å²) in [5.74, 6) is 0. The Hall–Kier alpha value is -1.32. The van der Waals surface area contributed by atoms with E-state index in [1.807, 2.05) is 42.1 Å². The fourth-order valence-electron chi connectivity index (χ4n) is 1.78. The number of nitrogens with zero attached hydrogens (tertiary/aromatic N) is 2. The summed E-state index contributed by atoms with van der Waals surface area (Å²) in [4.78, 5) is 0. The van der Waals surface area contributed by atoms with Crippen molar-refractivity contribution >= 4 is 11.6 Å². The summed E-state index contributed by atoms with van der Waals surface area (Å²) in [6.45, 7) is 6.01. The minimum absolute atomic E-state index is 0.719. The van der Waals surface area contributed by atoms with Crippen molar-refractivity contribution in [2.75, 3.05) is 6.54 Å². The van der Waals surface area contributed by atoms with Crippen LogP contribution < -0.4 is 5.32 Å². The number of halogens is 1. The summed E-state index contributed by atoms with van der Waals surface area (Å²) in [5.41, 5.74) is 3.13. The molecule has 96 valence electrons. The van der Waals surface area contributed by atoms with E-state index in [2.05, 4.69) is 17.3 Å². The van der Waals surface area contributed by atoms with Crippen LogP contribution in [0, 0.1) is 6.92 Å². The molecule has 0 unspecified atom stereocenters. The van der Waals surface area contributed by atoms with Crippen LogP contribution in [0.15, 0.2) is 30.5 Å². The first-order valence-electron chi connectivity index (χ1n) is 6.22. The summed E-state index contributed by atoms with van der Waals surface area (Å²) < 4.78 is 1.83. The average molecular weight is 264 g/mol. The largest absolute Gasteiger partial charge is 0.311 e. The Morgan fingerprint density at radius 1 is 1.33 bits per heavy atom. The van der Waals surface area contributed by atoms with E-state index < -0.39 is 0 Å². The molecule has 18 heavy (non-hydrogen) atoms. The monoisotopic (exact) mass is 263 g/mol. The standard InChI is InChI=1S/C14H18ClN3/c1-3-7-16-10-12-6-8-18(17-12)14-9-11(2)4-5-13(14)15/h4-6,8-9,16H,3,7,10H2,1-2H3. The molecule has 0 saturated carbocycles. The molecule has 0 spiro atoms. The van der Waals surface area contributed by atoms with Crippen molar-refractivity contribution in [2.24, 2.45) is 0 Å². The Labute approximate surface area is 113 Å². The molecule has 0 radical (unpaired) electrons. The molecule has 1 N–H and O–H groups in total. The zero-order chi connectivity index (χ0) is 13.0. The van der Waals surface area contributed by atoms with Gasteiger partial charge in [0.05, 0.1) is 16.4 Å². The maximum absolute atomic E-state index is 6.19. The van der Waals surface area contributed by atoms with Crippen LogP contribution >= 0.6 is 11.6 Å². The molecular formula is C14H18ClN3. The molecule has 0 fully saturated rings. The van der Waals surface area contributed by atoms with Crippen LogP contribution in [0.25, 0.3) is 5.69 Å². The highest BCUT2D eigenvalue weighted by molar-refractivity contribution is 6.32. The van der Waals surface area contributed by atoms with Gasteiger partial charge in [-0.05, 0) is 43.7 Å². The van der Waals surface area contributed by atoms with E-state index in [0.29, 0.717) is 0 Å². The lowest BCUT2D eigenvalue weighted by Crippen LogP contribution is -2.14. The quantitative estimate of drug-likeness (QED) is 0.839. The van der Waals surface area contributed by atoms with E-state index in [0.717, 1.165) is 35.9 Å². The molecular weight excluding hydrogens is 246 g/mol. The van der Waals surface area contributed by atoms with Crippen LogP contribution in [0.1, 0.15) is 24.6 Å². The van der Waals surface area contributed by atoms with Gasteiger partial charge in [0.15, 0.2) is 0 Å². The Bertz CT molecular complexity index is 520. The lowest BCUT2D eigenvalue weighted by Gasteiger charge is -2.05. The van der Waals surface area contributed by atoms with Gasteiger partial charge in [0, 0.05) is 12.7 Å². The van der Waals surface area contributed by atoms with Crippen molar-refractivity contribution in [1.82, 2.24) is 15.1 Å². The lowest BCUT2D eigenvalue weighted by molar-refractivity contribution is 0.656. The van der Waals surface area contributed by atoms with E-state index in [4.69, 9.17) is 11.6 Å². The van der Waals surface area contributed by atoms with Gasteiger partial charge in [0.2, 0.25) is 0 Å². The number of hydrogen-bond acceptors (Lipinski definition) is 2. The first kappa shape index (κ1) is 13.1. The van der Waals surface area contributed by atoms with Gasteiger partial charge >= 0.3 is 0 Å². The third-order valence-corrected chi connectivity index (χ3v) is 3.05. The Morgan fingerprint density at radius 2 is 2.17 bits per heavy atom. The predicted octanol–water partition coefficient (Wildman–Crippen LogP) is 3.33. The van der Waals surface area contributed by atoms with Crippen molar-refractivity contribution in [3.8, 4) is 5.69 Å². The SMILES string of the molecule is CCCNCc1ccn(-c2cc(C)ccc2Cl)n1. The molecule has 0 atom stereocenters. The van der Waals surface area contributed by atoms with Gasteiger partial charge in [0.25, 0.3) is 0 Å². The number of rotatable bonds is 5. The van der Waals surface area contributed by atoms with Gasteiger partial charge in [-0.2, -0.15) is 5.10 Å². The van der Waals surface area contributed by atoms with Crippen LogP contribution in [0.2, 0.25) is 5.02 Å². The van der Waals surface area contributed by atoms with Gasteiger partial charge in [-0.15, -0.1) is 0 Å². The average Bonchev–Trinajstić information content (AvgIpc) is 2.81. The molecule has 0 amide bonds. The van der Waals surface area contributed by atoms with Gasteiger partial charge < -0.3 is 5.32 Å². The molecule has 0 aliphatic rings. The molecule has 1 aromatic heterocycles. The van der Waals surface area contributed by atoms with E-state index >= 15 is 0 Å².